The molecule has 0 saturated carbocycles. The summed E-state index contributed by atoms with van der Waals surface area (Å²) >= 11 is 5.63. The van der Waals surface area contributed by atoms with Gasteiger partial charge in [-0.2, -0.15) is 0 Å². The number of hydrogen-bond acceptors (Lipinski definition) is 3. The molecule has 1 aromatic heterocycles. The predicted molar refractivity (Wildman–Crippen MR) is 149 cm³/mol. The van der Waals surface area contributed by atoms with Gasteiger partial charge in [0, 0.05) is 37.3 Å². The summed E-state index contributed by atoms with van der Waals surface area (Å²) in [7, 11) is 1.83. The van der Waals surface area contributed by atoms with Crippen LogP contribution in [-0.4, -0.2) is 51.4 Å². The normalized spacial score (nSPS) is 17.9. The van der Waals surface area contributed by atoms with Crippen LogP contribution in [0.5, 0.6) is 0 Å². The van der Waals surface area contributed by atoms with Gasteiger partial charge in [0.2, 0.25) is 5.91 Å². The summed E-state index contributed by atoms with van der Waals surface area (Å²) in [5, 5.41) is 1.49. The van der Waals surface area contributed by atoms with Crippen LogP contribution in [0.1, 0.15) is 43.7 Å². The number of benzene rings is 2. The van der Waals surface area contributed by atoms with E-state index in [0.717, 1.165) is 54.5 Å². The van der Waals surface area contributed by atoms with Gasteiger partial charge < -0.3 is 14.4 Å². The number of carbonyl (C=O) groups is 2. The first-order valence-electron chi connectivity index (χ1n) is 12.8. The van der Waals surface area contributed by atoms with E-state index in [2.05, 4.69) is 23.6 Å². The Kier molecular flexibility index (Phi) is 6.92. The molecule has 0 aliphatic carbocycles. The summed E-state index contributed by atoms with van der Waals surface area (Å²) in [5.41, 5.74) is 4.43. The number of likely N-dealkylation sites (tertiary alicyclic amines) is 1. The van der Waals surface area contributed by atoms with Crippen molar-refractivity contribution in [3.8, 4) is 0 Å². The average molecular weight is 501 g/mol. The Balaban J connectivity index is 1.53. The van der Waals surface area contributed by atoms with Crippen molar-refractivity contribution in [3.63, 3.8) is 0 Å². The number of fused-ring (bicyclic) bond motifs is 1. The third-order valence-electron chi connectivity index (χ3n) is 7.23. The highest BCUT2D eigenvalue weighted by Crippen LogP contribution is 2.32. The highest BCUT2D eigenvalue weighted by atomic mass is 32.1. The Morgan fingerprint density at radius 2 is 1.72 bits per heavy atom. The number of thiocarbonyl (C=S) groups is 1. The molecule has 2 amide bonds. The van der Waals surface area contributed by atoms with Gasteiger partial charge in [0.05, 0.1) is 11.2 Å². The number of amides is 2. The van der Waals surface area contributed by atoms with Gasteiger partial charge in [-0.25, -0.2) is 0 Å². The largest absolute Gasteiger partial charge is 0.341 e. The number of para-hydroxylation sites is 2. The van der Waals surface area contributed by atoms with Gasteiger partial charge in [-0.3, -0.25) is 14.5 Å². The summed E-state index contributed by atoms with van der Waals surface area (Å²) < 4.78 is 2.07. The minimum atomic E-state index is -0.151. The molecule has 5 rings (SSSR count). The number of likely N-dealkylation sites (N-methyl/N-ethyl adjacent to an activating group) is 1. The van der Waals surface area contributed by atoms with Gasteiger partial charge >= 0.3 is 0 Å². The van der Waals surface area contributed by atoms with Crippen molar-refractivity contribution in [2.45, 2.75) is 45.6 Å². The smallest absolute Gasteiger partial charge is 0.281 e. The Hall–Kier alpha value is -3.45. The minimum absolute atomic E-state index is 0.151. The molecule has 0 spiro atoms. The molecule has 3 heterocycles. The maximum atomic E-state index is 13.5. The summed E-state index contributed by atoms with van der Waals surface area (Å²) in [4.78, 5) is 32.1. The number of aryl methyl sites for hydroxylation is 1. The summed E-state index contributed by atoms with van der Waals surface area (Å²) in [5.74, 6) is 0.00582. The first kappa shape index (κ1) is 24.3. The van der Waals surface area contributed by atoms with Gasteiger partial charge in [0.15, 0.2) is 5.11 Å². The highest BCUT2D eigenvalue weighted by molar-refractivity contribution is 7.80. The van der Waals surface area contributed by atoms with Gasteiger partial charge in [0.1, 0.15) is 12.2 Å². The van der Waals surface area contributed by atoms with Crippen molar-refractivity contribution in [1.29, 1.82) is 0 Å². The molecule has 0 unspecified atom stereocenters. The Morgan fingerprint density at radius 1 is 1.00 bits per heavy atom. The molecule has 0 N–H and O–H groups in total. The maximum absolute atomic E-state index is 13.5. The average Bonchev–Trinajstić information content (AvgIpc) is 3.17. The SMILES string of the molecule is CCc1cccc2c(/C=C3/C(=O)N(c4ccccc4)C(=S)N3C)cn(CC(=O)N3CCCCCC3)c12. The van der Waals surface area contributed by atoms with Gasteiger partial charge in [0.25, 0.3) is 5.91 Å². The number of carbonyl (C=O) groups excluding carboxylic acids is 2. The van der Waals surface area contributed by atoms with Crippen molar-refractivity contribution in [2.24, 2.45) is 0 Å². The first-order valence-corrected chi connectivity index (χ1v) is 13.2. The van der Waals surface area contributed by atoms with Crippen LogP contribution in [0.25, 0.3) is 17.0 Å². The summed E-state index contributed by atoms with van der Waals surface area (Å²) in [6.45, 7) is 4.10. The number of aromatic nitrogens is 1. The minimum Gasteiger partial charge on any atom is -0.341 e. The maximum Gasteiger partial charge on any atom is 0.281 e. The third kappa shape index (κ3) is 4.44. The molecule has 6 nitrogen and oxygen atoms in total. The standard InChI is InChI=1S/C29H32N4O2S/c1-3-21-12-11-15-24-22(19-32(27(21)24)20-26(34)31-16-9-4-5-10-17-31)18-25-28(35)33(29(36)30(25)2)23-13-7-6-8-14-23/h6-8,11-15,18-19H,3-5,9-10,16-17,20H2,1-2H3/b25-18-. The van der Waals surface area contributed by atoms with E-state index < -0.39 is 0 Å². The molecule has 186 valence electrons. The number of hydrogen-bond donors (Lipinski definition) is 0. The van der Waals surface area contributed by atoms with Crippen LogP contribution < -0.4 is 4.90 Å². The van der Waals surface area contributed by atoms with Crippen molar-refractivity contribution >= 4 is 51.8 Å². The Labute approximate surface area is 217 Å². The third-order valence-corrected chi connectivity index (χ3v) is 7.68. The summed E-state index contributed by atoms with van der Waals surface area (Å²) in [6.07, 6.45) is 9.31. The molecule has 2 aliphatic rings. The Bertz CT molecular complexity index is 1340. The van der Waals surface area contributed by atoms with Gasteiger partial charge in [-0.15, -0.1) is 0 Å². The van der Waals surface area contributed by atoms with Crippen LogP contribution in [0.2, 0.25) is 0 Å². The fourth-order valence-corrected chi connectivity index (χ4v) is 5.55. The highest BCUT2D eigenvalue weighted by Gasteiger charge is 2.37. The first-order chi connectivity index (χ1) is 17.5. The zero-order valence-electron chi connectivity index (χ0n) is 20.9. The fourth-order valence-electron chi connectivity index (χ4n) is 5.26. The van der Waals surface area contributed by atoms with Crippen LogP contribution in [0.3, 0.4) is 0 Å². The van der Waals surface area contributed by atoms with Crippen LogP contribution in [-0.2, 0) is 22.6 Å². The second kappa shape index (κ2) is 10.3. The predicted octanol–water partition coefficient (Wildman–Crippen LogP) is 5.21. The van der Waals surface area contributed by atoms with E-state index in [1.165, 1.54) is 18.4 Å². The van der Waals surface area contributed by atoms with E-state index in [9.17, 15) is 9.59 Å². The molecule has 2 aromatic carbocycles. The quantitative estimate of drug-likeness (QED) is 0.356. The van der Waals surface area contributed by atoms with Crippen LogP contribution in [0, 0.1) is 0 Å². The molecule has 2 aliphatic heterocycles. The van der Waals surface area contributed by atoms with E-state index >= 15 is 0 Å². The molecule has 0 bridgehead atoms. The van der Waals surface area contributed by atoms with E-state index in [1.54, 1.807) is 9.80 Å². The lowest BCUT2D eigenvalue weighted by molar-refractivity contribution is -0.131. The van der Waals surface area contributed by atoms with Crippen LogP contribution >= 0.6 is 12.2 Å². The van der Waals surface area contributed by atoms with Crippen molar-refractivity contribution in [2.75, 3.05) is 25.0 Å². The van der Waals surface area contributed by atoms with Crippen LogP contribution in [0.15, 0.2) is 60.4 Å². The van der Waals surface area contributed by atoms with E-state index in [-0.39, 0.29) is 11.8 Å². The van der Waals surface area contributed by atoms with E-state index in [4.69, 9.17) is 12.2 Å². The lowest BCUT2D eigenvalue weighted by Gasteiger charge is -2.21. The molecular weight excluding hydrogens is 468 g/mol. The molecule has 0 radical (unpaired) electrons. The molecular formula is C29H32N4O2S. The number of anilines is 1. The fraction of sp³-hybridized carbons (Fsp3) is 0.345. The van der Waals surface area contributed by atoms with Crippen molar-refractivity contribution in [1.82, 2.24) is 14.4 Å². The van der Waals surface area contributed by atoms with Gasteiger partial charge in [-0.05, 0) is 55.3 Å². The van der Waals surface area contributed by atoms with E-state index in [1.807, 2.05) is 60.6 Å². The zero-order valence-corrected chi connectivity index (χ0v) is 21.8. The Morgan fingerprint density at radius 3 is 2.42 bits per heavy atom. The zero-order chi connectivity index (χ0) is 25.2. The van der Waals surface area contributed by atoms with Gasteiger partial charge in [-0.1, -0.05) is 56.2 Å². The monoisotopic (exact) mass is 500 g/mol. The summed E-state index contributed by atoms with van der Waals surface area (Å²) in [6, 6.07) is 15.7. The van der Waals surface area contributed by atoms with Crippen molar-refractivity contribution in [3.05, 3.63) is 71.6 Å². The van der Waals surface area contributed by atoms with Crippen LogP contribution in [0.4, 0.5) is 5.69 Å². The topological polar surface area (TPSA) is 48.8 Å². The molecule has 0 atom stereocenters. The molecule has 2 fully saturated rings. The van der Waals surface area contributed by atoms with E-state index in [0.29, 0.717) is 17.4 Å². The number of rotatable bonds is 5. The molecule has 7 heteroatoms. The lowest BCUT2D eigenvalue weighted by atomic mass is 10.1. The molecule has 36 heavy (non-hydrogen) atoms. The number of nitrogens with zero attached hydrogens (tertiary/aromatic N) is 4. The molecule has 2 saturated heterocycles. The second-order valence-electron chi connectivity index (χ2n) is 9.52. The molecule has 3 aromatic rings. The second-order valence-corrected chi connectivity index (χ2v) is 9.89. The van der Waals surface area contributed by atoms with Crippen molar-refractivity contribution < 1.29 is 9.59 Å². The lowest BCUT2D eigenvalue weighted by Crippen LogP contribution is -2.34.